The van der Waals surface area contributed by atoms with Crippen LogP contribution in [0.5, 0.6) is 0 Å². The average molecular weight is 403 g/mol. The topological polar surface area (TPSA) is 98.6 Å². The lowest BCUT2D eigenvalue weighted by Gasteiger charge is -2.32. The average Bonchev–Trinajstić information content (AvgIpc) is 2.79. The van der Waals surface area contributed by atoms with E-state index >= 15 is 0 Å². The number of hydrogen-bond donors (Lipinski definition) is 1. The van der Waals surface area contributed by atoms with Crippen LogP contribution in [0.25, 0.3) is 17.0 Å². The standard InChI is InChI=1S/C19H22BNO6S/c1-11(22)28-10-13(20-26-18(2,3)19(4,5)27-20)8-12-6-7-15-14(9-12)16(23)25-17(24)21-15/h6-9H,10H2,1-5H3,(H,21,24). The molecule has 1 saturated heterocycles. The van der Waals surface area contributed by atoms with Gasteiger partial charge in [-0.15, -0.1) is 0 Å². The fraction of sp³-hybridized carbons (Fsp3) is 0.421. The van der Waals surface area contributed by atoms with Crippen molar-refractivity contribution < 1.29 is 18.5 Å². The SMILES string of the molecule is CC(=O)SCC(=Cc1ccc2[nH]c(=O)oc(=O)c2c1)B1OC(C)(C)C(C)(C)O1. The first-order valence-corrected chi connectivity index (χ1v) is 9.84. The zero-order chi connectivity index (χ0) is 20.7. The number of thioether (sulfide) groups is 1. The number of aromatic nitrogens is 1. The fourth-order valence-electron chi connectivity index (χ4n) is 2.78. The molecule has 7 nitrogen and oxygen atoms in total. The van der Waals surface area contributed by atoms with Gasteiger partial charge in [0.2, 0.25) is 0 Å². The summed E-state index contributed by atoms with van der Waals surface area (Å²) in [5.74, 6) is -0.402. The lowest BCUT2D eigenvalue weighted by molar-refractivity contribution is -0.109. The van der Waals surface area contributed by atoms with Gasteiger partial charge in [0.15, 0.2) is 5.12 Å². The summed E-state index contributed by atoms with van der Waals surface area (Å²) in [6, 6.07) is 5.03. The first-order valence-electron chi connectivity index (χ1n) is 8.85. The maximum atomic E-state index is 12.0. The molecule has 1 aliphatic heterocycles. The molecule has 28 heavy (non-hydrogen) atoms. The van der Waals surface area contributed by atoms with Gasteiger partial charge in [0, 0.05) is 12.7 Å². The third kappa shape index (κ3) is 4.16. The van der Waals surface area contributed by atoms with Crippen molar-refractivity contribution in [3.05, 3.63) is 50.2 Å². The third-order valence-electron chi connectivity index (χ3n) is 5.04. The zero-order valence-corrected chi connectivity index (χ0v) is 17.3. The van der Waals surface area contributed by atoms with E-state index in [2.05, 4.69) is 9.40 Å². The second-order valence-corrected chi connectivity index (χ2v) is 8.85. The highest BCUT2D eigenvalue weighted by Crippen LogP contribution is 2.39. The molecule has 0 bridgehead atoms. The number of hydrogen-bond acceptors (Lipinski definition) is 7. The molecule has 1 aromatic carbocycles. The van der Waals surface area contributed by atoms with Gasteiger partial charge in [-0.25, -0.2) is 9.59 Å². The minimum absolute atomic E-state index is 0.0147. The summed E-state index contributed by atoms with van der Waals surface area (Å²) < 4.78 is 16.8. The summed E-state index contributed by atoms with van der Waals surface area (Å²) in [6.45, 7) is 9.34. The number of aromatic amines is 1. The van der Waals surface area contributed by atoms with Crippen LogP contribution < -0.4 is 11.4 Å². The Hall–Kier alpha value is -2.10. The summed E-state index contributed by atoms with van der Waals surface area (Å²) in [7, 11) is -0.612. The first kappa shape index (κ1) is 20.6. The lowest BCUT2D eigenvalue weighted by atomic mass is 9.78. The molecule has 0 amide bonds. The van der Waals surface area contributed by atoms with Gasteiger partial charge < -0.3 is 13.7 Å². The fourth-order valence-corrected chi connectivity index (χ4v) is 3.36. The number of rotatable bonds is 4. The van der Waals surface area contributed by atoms with Crippen molar-refractivity contribution in [1.82, 2.24) is 4.98 Å². The Bertz CT molecular complexity index is 1050. The quantitative estimate of drug-likeness (QED) is 0.784. The molecule has 1 aromatic heterocycles. The number of H-pyrrole nitrogens is 1. The highest BCUT2D eigenvalue weighted by atomic mass is 32.2. The normalized spacial score (nSPS) is 18.6. The zero-order valence-electron chi connectivity index (χ0n) is 16.5. The molecule has 0 unspecified atom stereocenters. The van der Waals surface area contributed by atoms with Gasteiger partial charge in [-0.3, -0.25) is 9.78 Å². The van der Waals surface area contributed by atoms with Gasteiger partial charge in [-0.2, -0.15) is 0 Å². The van der Waals surface area contributed by atoms with E-state index in [9.17, 15) is 14.4 Å². The van der Waals surface area contributed by atoms with E-state index in [0.29, 0.717) is 16.8 Å². The van der Waals surface area contributed by atoms with Crippen LogP contribution in [0.15, 0.2) is 37.7 Å². The van der Waals surface area contributed by atoms with Crippen molar-refractivity contribution in [3.8, 4) is 0 Å². The van der Waals surface area contributed by atoms with Gasteiger partial charge in [-0.05, 0) is 50.9 Å². The molecule has 9 heteroatoms. The van der Waals surface area contributed by atoms with E-state index in [4.69, 9.17) is 9.31 Å². The van der Waals surface area contributed by atoms with Crippen LogP contribution in [0.4, 0.5) is 0 Å². The van der Waals surface area contributed by atoms with E-state index in [-0.39, 0.29) is 10.5 Å². The van der Waals surface area contributed by atoms with Crippen LogP contribution in [0, 0.1) is 0 Å². The van der Waals surface area contributed by atoms with E-state index in [0.717, 1.165) is 17.2 Å². The van der Waals surface area contributed by atoms with Crippen molar-refractivity contribution in [3.63, 3.8) is 0 Å². The first-order chi connectivity index (χ1) is 13.0. The summed E-state index contributed by atoms with van der Waals surface area (Å²) in [4.78, 5) is 37.3. The van der Waals surface area contributed by atoms with Crippen LogP contribution in [0.3, 0.4) is 0 Å². The van der Waals surface area contributed by atoms with E-state index < -0.39 is 29.7 Å². The van der Waals surface area contributed by atoms with Crippen LogP contribution in [-0.2, 0) is 14.1 Å². The lowest BCUT2D eigenvalue weighted by Crippen LogP contribution is -2.41. The van der Waals surface area contributed by atoms with Crippen molar-refractivity contribution >= 4 is 41.0 Å². The second-order valence-electron chi connectivity index (χ2n) is 7.69. The molecule has 2 heterocycles. The maximum Gasteiger partial charge on any atom is 0.491 e. The minimum Gasteiger partial charge on any atom is -0.400 e. The van der Waals surface area contributed by atoms with Crippen molar-refractivity contribution in [1.29, 1.82) is 0 Å². The monoisotopic (exact) mass is 403 g/mol. The smallest absolute Gasteiger partial charge is 0.400 e. The Kier molecular flexibility index (Phi) is 5.44. The predicted octanol–water partition coefficient (Wildman–Crippen LogP) is 2.78. The number of carbonyl (C=O) groups excluding carboxylic acids is 1. The highest BCUT2D eigenvalue weighted by Gasteiger charge is 2.52. The van der Waals surface area contributed by atoms with Crippen LogP contribution >= 0.6 is 11.8 Å². The molecule has 1 fully saturated rings. The molecule has 1 aliphatic rings. The largest absolute Gasteiger partial charge is 0.491 e. The van der Waals surface area contributed by atoms with Crippen LogP contribution in [-0.4, -0.2) is 34.2 Å². The Morgan fingerprint density at radius 1 is 1.18 bits per heavy atom. The van der Waals surface area contributed by atoms with E-state index in [1.165, 1.54) is 6.92 Å². The Morgan fingerprint density at radius 2 is 1.82 bits per heavy atom. The molecular formula is C19H22BNO6S. The van der Waals surface area contributed by atoms with Crippen molar-refractivity contribution in [2.45, 2.75) is 45.8 Å². The molecule has 0 aliphatic carbocycles. The van der Waals surface area contributed by atoms with E-state index in [1.54, 1.807) is 18.2 Å². The summed E-state index contributed by atoms with van der Waals surface area (Å²) >= 11 is 1.16. The van der Waals surface area contributed by atoms with Gasteiger partial charge in [0.1, 0.15) is 0 Å². The minimum atomic E-state index is -0.795. The Balaban J connectivity index is 2.02. The van der Waals surface area contributed by atoms with Crippen molar-refractivity contribution in [2.75, 3.05) is 5.75 Å². The highest BCUT2D eigenvalue weighted by molar-refractivity contribution is 8.13. The molecule has 1 N–H and O–H groups in total. The number of benzene rings is 1. The maximum absolute atomic E-state index is 12.0. The number of nitrogens with one attached hydrogen (secondary N) is 1. The number of fused-ring (bicyclic) bond motifs is 1. The molecule has 148 valence electrons. The van der Waals surface area contributed by atoms with Crippen LogP contribution in [0.2, 0.25) is 0 Å². The van der Waals surface area contributed by atoms with E-state index in [1.807, 2.05) is 33.8 Å². The summed E-state index contributed by atoms with van der Waals surface area (Å²) in [6.07, 6.45) is 1.84. The third-order valence-corrected chi connectivity index (χ3v) is 5.92. The summed E-state index contributed by atoms with van der Waals surface area (Å²) in [5.41, 5.74) is 0.147. The van der Waals surface area contributed by atoms with Gasteiger partial charge >= 0.3 is 18.5 Å². The molecule has 0 radical (unpaired) electrons. The second kappa shape index (κ2) is 7.38. The molecule has 2 aromatic rings. The summed E-state index contributed by atoms with van der Waals surface area (Å²) in [5, 5.41) is 0.250. The van der Waals surface area contributed by atoms with Crippen molar-refractivity contribution in [2.24, 2.45) is 0 Å². The molecule has 3 rings (SSSR count). The van der Waals surface area contributed by atoms with Crippen LogP contribution in [0.1, 0.15) is 40.2 Å². The number of carbonyl (C=O) groups is 1. The van der Waals surface area contributed by atoms with Gasteiger partial charge in [0.05, 0.1) is 22.1 Å². The van der Waals surface area contributed by atoms with Gasteiger partial charge in [-0.1, -0.05) is 23.9 Å². The molecule has 0 spiro atoms. The van der Waals surface area contributed by atoms with Gasteiger partial charge in [0.25, 0.3) is 0 Å². The Morgan fingerprint density at radius 3 is 2.43 bits per heavy atom. The molecular weight excluding hydrogens is 381 g/mol. The molecule has 0 atom stereocenters. The Labute approximate surface area is 166 Å². The predicted molar refractivity (Wildman–Crippen MR) is 110 cm³/mol. The molecule has 0 saturated carbocycles.